The van der Waals surface area contributed by atoms with Crippen molar-refractivity contribution in [1.82, 2.24) is 15.1 Å². The zero-order valence-electron chi connectivity index (χ0n) is 21.4. The number of amides is 2. The standard InChI is InChI=1S/C26H30F7N3O.ClH/c1-5-34-21-8-9-36(23(14-21)22-7-6-20(27)10-15(22)2)24(37)35(4)16(3)17-11-18(25(28,29)30)13-19(12-17)26(31,32)33;/h6-7,10-13,16,21,23,34H,5,8-9,14H2,1-4H3;1H/t16-,21-,23-;/m1./s1. The highest BCUT2D eigenvalue weighted by atomic mass is 35.5. The zero-order chi connectivity index (χ0) is 27.7. The van der Waals surface area contributed by atoms with Crippen LogP contribution >= 0.6 is 12.4 Å². The summed E-state index contributed by atoms with van der Waals surface area (Å²) in [6.07, 6.45) is -8.84. The first kappa shape index (κ1) is 31.7. The lowest BCUT2D eigenvalue weighted by Crippen LogP contribution is -2.51. The number of nitrogens with one attached hydrogen (secondary N) is 1. The molecule has 1 heterocycles. The molecule has 0 unspecified atom stereocenters. The monoisotopic (exact) mass is 569 g/mol. The summed E-state index contributed by atoms with van der Waals surface area (Å²) in [5.41, 5.74) is -1.78. The molecule has 1 saturated heterocycles. The molecule has 3 atom stereocenters. The zero-order valence-corrected chi connectivity index (χ0v) is 22.2. The molecule has 1 N–H and O–H groups in total. The third-order valence-corrected chi connectivity index (χ3v) is 6.91. The number of hydrogen-bond acceptors (Lipinski definition) is 2. The van der Waals surface area contributed by atoms with E-state index in [4.69, 9.17) is 0 Å². The maximum atomic E-state index is 13.8. The Hall–Kier alpha value is -2.53. The number of urea groups is 1. The van der Waals surface area contributed by atoms with Gasteiger partial charge in [-0.25, -0.2) is 9.18 Å². The first-order valence-corrected chi connectivity index (χ1v) is 12.0. The number of nitrogens with zero attached hydrogens (tertiary/aromatic N) is 2. The number of carbonyl (C=O) groups is 1. The lowest BCUT2D eigenvalue weighted by Gasteiger charge is -2.43. The maximum absolute atomic E-state index is 13.8. The Kier molecular flexibility index (Phi) is 10.1. The molecular formula is C26H31ClF7N3O. The van der Waals surface area contributed by atoms with Gasteiger partial charge in [-0.15, -0.1) is 12.4 Å². The van der Waals surface area contributed by atoms with Crippen molar-refractivity contribution in [3.05, 3.63) is 70.0 Å². The van der Waals surface area contributed by atoms with Crippen LogP contribution in [0.1, 0.15) is 66.6 Å². The molecule has 3 rings (SSSR count). The SMILES string of the molecule is CCN[C@@H]1CCN(C(=O)N(C)[C@H](C)c2cc(C(F)(F)F)cc(C(F)(F)F)c2)[C@@H](c2ccc(F)cc2C)C1.Cl. The van der Waals surface area contributed by atoms with E-state index in [1.54, 1.807) is 17.9 Å². The van der Waals surface area contributed by atoms with Crippen LogP contribution in [0.15, 0.2) is 36.4 Å². The topological polar surface area (TPSA) is 35.6 Å². The minimum atomic E-state index is -4.99. The van der Waals surface area contributed by atoms with E-state index < -0.39 is 47.4 Å². The van der Waals surface area contributed by atoms with Gasteiger partial charge in [0.15, 0.2) is 0 Å². The second kappa shape index (κ2) is 12.1. The number of rotatable bonds is 5. The lowest BCUT2D eigenvalue weighted by molar-refractivity contribution is -0.143. The molecule has 12 heteroatoms. The van der Waals surface area contributed by atoms with Crippen molar-refractivity contribution >= 4 is 18.4 Å². The molecule has 212 valence electrons. The number of aryl methyl sites for hydroxylation is 1. The lowest BCUT2D eigenvalue weighted by atomic mass is 9.89. The smallest absolute Gasteiger partial charge is 0.321 e. The number of piperidine rings is 1. The van der Waals surface area contributed by atoms with Gasteiger partial charge in [-0.3, -0.25) is 0 Å². The number of likely N-dealkylation sites (tertiary alicyclic amines) is 1. The minimum Gasteiger partial charge on any atom is -0.321 e. The second-order valence-electron chi connectivity index (χ2n) is 9.40. The van der Waals surface area contributed by atoms with Gasteiger partial charge >= 0.3 is 18.4 Å². The summed E-state index contributed by atoms with van der Waals surface area (Å²) in [6.45, 7) is 6.09. The van der Waals surface area contributed by atoms with Crippen LogP contribution in [0.25, 0.3) is 0 Å². The molecule has 38 heavy (non-hydrogen) atoms. The van der Waals surface area contributed by atoms with Crippen molar-refractivity contribution in [2.75, 3.05) is 20.1 Å². The number of hydrogen-bond donors (Lipinski definition) is 1. The van der Waals surface area contributed by atoms with E-state index in [0.29, 0.717) is 43.6 Å². The Morgan fingerprint density at radius 3 is 2.16 bits per heavy atom. The fourth-order valence-electron chi connectivity index (χ4n) is 4.79. The van der Waals surface area contributed by atoms with Crippen molar-refractivity contribution in [2.45, 2.75) is 64.1 Å². The molecule has 1 fully saturated rings. The van der Waals surface area contributed by atoms with Gasteiger partial charge in [-0.1, -0.05) is 13.0 Å². The summed E-state index contributed by atoms with van der Waals surface area (Å²) in [6, 6.07) is 3.63. The van der Waals surface area contributed by atoms with Crippen molar-refractivity contribution < 1.29 is 35.5 Å². The average molecular weight is 570 g/mol. The fraction of sp³-hybridized carbons (Fsp3) is 0.500. The second-order valence-corrected chi connectivity index (χ2v) is 9.40. The molecule has 2 amide bonds. The van der Waals surface area contributed by atoms with E-state index in [2.05, 4.69) is 5.32 Å². The van der Waals surface area contributed by atoms with Gasteiger partial charge in [0, 0.05) is 19.6 Å². The van der Waals surface area contributed by atoms with E-state index in [-0.39, 0.29) is 30.1 Å². The van der Waals surface area contributed by atoms with Crippen LogP contribution in [0.3, 0.4) is 0 Å². The van der Waals surface area contributed by atoms with Gasteiger partial charge in [0.1, 0.15) is 5.82 Å². The molecule has 0 aromatic heterocycles. The number of halogens is 8. The Morgan fingerprint density at radius 1 is 1.08 bits per heavy atom. The predicted molar refractivity (Wildman–Crippen MR) is 133 cm³/mol. The average Bonchev–Trinajstić information content (AvgIpc) is 2.81. The molecule has 0 aliphatic carbocycles. The summed E-state index contributed by atoms with van der Waals surface area (Å²) >= 11 is 0. The normalized spacial score (nSPS) is 19.1. The van der Waals surface area contributed by atoms with Crippen molar-refractivity contribution in [2.24, 2.45) is 0 Å². The van der Waals surface area contributed by atoms with Crippen LogP contribution in [0, 0.1) is 12.7 Å². The minimum absolute atomic E-state index is 0. The Morgan fingerprint density at radius 2 is 1.66 bits per heavy atom. The van der Waals surface area contributed by atoms with Crippen LogP contribution in [0.4, 0.5) is 35.5 Å². The predicted octanol–water partition coefficient (Wildman–Crippen LogP) is 7.52. The molecule has 4 nitrogen and oxygen atoms in total. The summed E-state index contributed by atoms with van der Waals surface area (Å²) in [5, 5.41) is 3.35. The van der Waals surface area contributed by atoms with Gasteiger partial charge in [0.05, 0.1) is 23.2 Å². The van der Waals surface area contributed by atoms with E-state index in [9.17, 15) is 35.5 Å². The molecule has 1 aliphatic rings. The summed E-state index contributed by atoms with van der Waals surface area (Å²) in [4.78, 5) is 16.3. The van der Waals surface area contributed by atoms with E-state index in [1.165, 1.54) is 26.1 Å². The van der Waals surface area contributed by atoms with Crippen molar-refractivity contribution in [3.63, 3.8) is 0 Å². The highest BCUT2D eigenvalue weighted by molar-refractivity contribution is 5.85. The number of benzene rings is 2. The highest BCUT2D eigenvalue weighted by Crippen LogP contribution is 2.39. The van der Waals surface area contributed by atoms with Crippen LogP contribution in [-0.2, 0) is 12.4 Å². The summed E-state index contributed by atoms with van der Waals surface area (Å²) < 4.78 is 94.0. The molecular weight excluding hydrogens is 539 g/mol. The molecule has 0 radical (unpaired) electrons. The molecule has 0 saturated carbocycles. The van der Waals surface area contributed by atoms with E-state index >= 15 is 0 Å². The van der Waals surface area contributed by atoms with Crippen LogP contribution in [0.5, 0.6) is 0 Å². The van der Waals surface area contributed by atoms with Crippen LogP contribution in [0.2, 0.25) is 0 Å². The largest absolute Gasteiger partial charge is 0.416 e. The molecule has 1 aliphatic heterocycles. The van der Waals surface area contributed by atoms with Gasteiger partial charge in [-0.05, 0) is 80.3 Å². The summed E-state index contributed by atoms with van der Waals surface area (Å²) in [5.74, 6) is -0.422. The third kappa shape index (κ3) is 7.11. The van der Waals surface area contributed by atoms with Crippen molar-refractivity contribution in [1.29, 1.82) is 0 Å². The number of carbonyl (C=O) groups excluding carboxylic acids is 1. The van der Waals surface area contributed by atoms with Crippen molar-refractivity contribution in [3.8, 4) is 0 Å². The Bertz CT molecular complexity index is 1090. The number of alkyl halides is 6. The molecule has 0 spiro atoms. The van der Waals surface area contributed by atoms with Gasteiger partial charge in [-0.2, -0.15) is 26.3 Å². The highest BCUT2D eigenvalue weighted by Gasteiger charge is 2.39. The van der Waals surface area contributed by atoms with Gasteiger partial charge in [0.25, 0.3) is 0 Å². The Balaban J connectivity index is 0.00000507. The maximum Gasteiger partial charge on any atom is 0.416 e. The molecule has 2 aromatic carbocycles. The van der Waals surface area contributed by atoms with Gasteiger partial charge in [0.2, 0.25) is 0 Å². The molecule has 2 aromatic rings. The van der Waals surface area contributed by atoms with E-state index in [0.717, 1.165) is 10.5 Å². The van der Waals surface area contributed by atoms with Crippen LogP contribution < -0.4 is 5.32 Å². The first-order valence-electron chi connectivity index (χ1n) is 12.0. The van der Waals surface area contributed by atoms with Gasteiger partial charge < -0.3 is 15.1 Å². The van der Waals surface area contributed by atoms with Crippen LogP contribution in [-0.4, -0.2) is 42.0 Å². The van der Waals surface area contributed by atoms with E-state index in [1.807, 2.05) is 6.92 Å². The quantitative estimate of drug-likeness (QED) is 0.378. The summed E-state index contributed by atoms with van der Waals surface area (Å²) in [7, 11) is 1.35. The first-order chi connectivity index (χ1) is 17.1. The Labute approximate surface area is 223 Å². The fourth-order valence-corrected chi connectivity index (χ4v) is 4.79. The molecule has 0 bridgehead atoms. The third-order valence-electron chi connectivity index (χ3n) is 6.91.